The van der Waals surface area contributed by atoms with Crippen LogP contribution in [0.3, 0.4) is 0 Å². The molecule has 2 rings (SSSR count). The number of hydrogen-bond donors (Lipinski definition) is 1. The lowest BCUT2D eigenvalue weighted by molar-refractivity contribution is -0.385. The Balaban J connectivity index is 2.05. The minimum absolute atomic E-state index is 0.0662. The first-order valence-corrected chi connectivity index (χ1v) is 9.86. The number of nitro groups is 1. The maximum absolute atomic E-state index is 12.5. The molecule has 1 N–H and O–H groups in total. The molecule has 0 radical (unpaired) electrons. The van der Waals surface area contributed by atoms with Gasteiger partial charge in [0.25, 0.3) is 5.69 Å². The van der Waals surface area contributed by atoms with E-state index in [1.807, 2.05) is 18.5 Å². The highest BCUT2D eigenvalue weighted by atomic mass is 16.6. The second-order valence-corrected chi connectivity index (χ2v) is 7.60. The van der Waals surface area contributed by atoms with Crippen LogP contribution in [0.15, 0.2) is 12.1 Å². The number of carbonyl (C=O) groups excluding carboxylic acids is 1. The Kier molecular flexibility index (Phi) is 7.79. The average Bonchev–Trinajstić information content (AvgIpc) is 2.94. The predicted molar refractivity (Wildman–Crippen MR) is 113 cm³/mol. The number of nitrogens with one attached hydrogen (secondary N) is 1. The first-order valence-electron chi connectivity index (χ1n) is 9.86. The second-order valence-electron chi connectivity index (χ2n) is 7.60. The van der Waals surface area contributed by atoms with Crippen LogP contribution in [0, 0.1) is 29.9 Å². The lowest BCUT2D eigenvalue weighted by Crippen LogP contribution is -2.27. The molecule has 1 aromatic carbocycles. The molecular weight excluding hydrogens is 388 g/mol. The molecule has 0 aliphatic carbocycles. The van der Waals surface area contributed by atoms with Crippen molar-refractivity contribution < 1.29 is 19.2 Å². The lowest BCUT2D eigenvalue weighted by Gasteiger charge is -2.11. The Hall–Kier alpha value is -3.10. The van der Waals surface area contributed by atoms with E-state index in [1.54, 1.807) is 6.07 Å². The number of methoxy groups -OCH3 is 2. The first kappa shape index (κ1) is 23.2. The fourth-order valence-electron chi connectivity index (χ4n) is 3.35. The number of ether oxygens (including phenoxy) is 2. The third-order valence-corrected chi connectivity index (χ3v) is 4.90. The zero-order valence-electron chi connectivity index (χ0n) is 18.4. The van der Waals surface area contributed by atoms with Gasteiger partial charge in [-0.3, -0.25) is 19.6 Å². The number of aryl methyl sites for hydroxylation is 1. The molecule has 164 valence electrons. The maximum Gasteiger partial charge on any atom is 0.276 e. The van der Waals surface area contributed by atoms with Crippen LogP contribution in [-0.4, -0.2) is 41.4 Å². The Morgan fingerprint density at radius 2 is 1.87 bits per heavy atom. The van der Waals surface area contributed by atoms with Crippen LogP contribution in [0.5, 0.6) is 11.5 Å². The molecular formula is C21H30N4O5. The van der Waals surface area contributed by atoms with E-state index in [0.29, 0.717) is 29.4 Å². The lowest BCUT2D eigenvalue weighted by atomic mass is 10.1. The van der Waals surface area contributed by atoms with Gasteiger partial charge in [-0.05, 0) is 32.3 Å². The van der Waals surface area contributed by atoms with Gasteiger partial charge in [-0.25, -0.2) is 0 Å². The van der Waals surface area contributed by atoms with Crippen molar-refractivity contribution in [2.45, 2.75) is 47.1 Å². The summed E-state index contributed by atoms with van der Waals surface area (Å²) < 4.78 is 12.3. The van der Waals surface area contributed by atoms with Gasteiger partial charge in [-0.15, -0.1) is 0 Å². The molecule has 1 heterocycles. The Labute approximate surface area is 176 Å². The normalized spacial score (nSPS) is 10.9. The largest absolute Gasteiger partial charge is 0.493 e. The van der Waals surface area contributed by atoms with Crippen molar-refractivity contribution in [2.75, 3.05) is 20.8 Å². The third-order valence-electron chi connectivity index (χ3n) is 4.90. The summed E-state index contributed by atoms with van der Waals surface area (Å²) in [7, 11) is 2.90. The van der Waals surface area contributed by atoms with E-state index in [4.69, 9.17) is 9.47 Å². The van der Waals surface area contributed by atoms with Crippen LogP contribution in [0.25, 0.3) is 0 Å². The number of carbonyl (C=O) groups is 1. The van der Waals surface area contributed by atoms with Crippen molar-refractivity contribution >= 4 is 11.6 Å². The highest BCUT2D eigenvalue weighted by Gasteiger charge is 2.20. The van der Waals surface area contributed by atoms with Gasteiger partial charge in [-0.1, -0.05) is 13.8 Å². The zero-order chi connectivity index (χ0) is 22.4. The summed E-state index contributed by atoms with van der Waals surface area (Å²) in [6.45, 7) is 9.19. The fourth-order valence-corrected chi connectivity index (χ4v) is 3.35. The van der Waals surface area contributed by atoms with Crippen LogP contribution in [0.4, 0.5) is 5.69 Å². The van der Waals surface area contributed by atoms with Crippen LogP contribution in [-0.2, 0) is 24.2 Å². The minimum atomic E-state index is -0.463. The molecule has 9 heteroatoms. The molecule has 30 heavy (non-hydrogen) atoms. The number of amides is 1. The standard InChI is InChI=1S/C21H30N4O5/c1-13(2)12-24-15(4)17(14(3)23-24)10-21(26)22-8-7-16-9-19(29-5)20(30-6)11-18(16)25(27)28/h9,11,13H,7-8,10,12H2,1-6H3,(H,22,26). The molecule has 1 aromatic heterocycles. The Morgan fingerprint density at radius 1 is 1.23 bits per heavy atom. The van der Waals surface area contributed by atoms with Gasteiger partial charge in [-0.2, -0.15) is 5.10 Å². The molecule has 9 nitrogen and oxygen atoms in total. The number of benzene rings is 1. The highest BCUT2D eigenvalue weighted by molar-refractivity contribution is 5.79. The van der Waals surface area contributed by atoms with Crippen molar-refractivity contribution in [3.8, 4) is 11.5 Å². The molecule has 0 unspecified atom stereocenters. The maximum atomic E-state index is 12.5. The van der Waals surface area contributed by atoms with Gasteiger partial charge in [0, 0.05) is 29.9 Å². The number of nitro benzene ring substituents is 1. The summed E-state index contributed by atoms with van der Waals surface area (Å²) >= 11 is 0. The molecule has 0 fully saturated rings. The van der Waals surface area contributed by atoms with E-state index >= 15 is 0 Å². The van der Waals surface area contributed by atoms with E-state index in [9.17, 15) is 14.9 Å². The molecule has 0 saturated heterocycles. The van der Waals surface area contributed by atoms with Gasteiger partial charge in [0.05, 0.1) is 37.3 Å². The number of hydrogen-bond acceptors (Lipinski definition) is 6. The molecule has 0 saturated carbocycles. The topological polar surface area (TPSA) is 109 Å². The van der Waals surface area contributed by atoms with E-state index in [-0.39, 0.29) is 24.6 Å². The van der Waals surface area contributed by atoms with E-state index in [0.717, 1.165) is 23.5 Å². The summed E-state index contributed by atoms with van der Waals surface area (Å²) in [5, 5.41) is 18.8. The summed E-state index contributed by atoms with van der Waals surface area (Å²) in [6, 6.07) is 2.92. The molecule has 1 amide bonds. The summed E-state index contributed by atoms with van der Waals surface area (Å²) in [5.41, 5.74) is 3.16. The minimum Gasteiger partial charge on any atom is -0.493 e. The fraction of sp³-hybridized carbons (Fsp3) is 0.524. The molecule has 2 aromatic rings. The number of aromatic nitrogens is 2. The van der Waals surface area contributed by atoms with Crippen molar-refractivity contribution in [1.29, 1.82) is 0 Å². The van der Waals surface area contributed by atoms with E-state index < -0.39 is 4.92 Å². The monoisotopic (exact) mass is 418 g/mol. The second kappa shape index (κ2) is 10.1. The van der Waals surface area contributed by atoms with Gasteiger partial charge in [0.1, 0.15) is 0 Å². The summed E-state index contributed by atoms with van der Waals surface area (Å²) in [4.78, 5) is 23.4. The first-order chi connectivity index (χ1) is 14.2. The van der Waals surface area contributed by atoms with Crippen LogP contribution >= 0.6 is 0 Å². The SMILES string of the molecule is COc1cc(CCNC(=O)Cc2c(C)nn(CC(C)C)c2C)c([N+](=O)[O-])cc1OC. The van der Waals surface area contributed by atoms with Crippen molar-refractivity contribution in [3.05, 3.63) is 44.8 Å². The Bertz CT molecular complexity index is 921. The Morgan fingerprint density at radius 3 is 2.43 bits per heavy atom. The molecule has 0 spiro atoms. The van der Waals surface area contributed by atoms with Crippen molar-refractivity contribution in [3.63, 3.8) is 0 Å². The van der Waals surface area contributed by atoms with E-state index in [1.165, 1.54) is 20.3 Å². The van der Waals surface area contributed by atoms with Gasteiger partial charge in [0.15, 0.2) is 11.5 Å². The molecule has 0 atom stereocenters. The zero-order valence-corrected chi connectivity index (χ0v) is 18.4. The summed E-state index contributed by atoms with van der Waals surface area (Å²) in [6.07, 6.45) is 0.525. The van der Waals surface area contributed by atoms with Crippen molar-refractivity contribution in [1.82, 2.24) is 15.1 Å². The number of nitrogens with zero attached hydrogens (tertiary/aromatic N) is 3. The van der Waals surface area contributed by atoms with Gasteiger partial charge >= 0.3 is 0 Å². The highest BCUT2D eigenvalue weighted by Crippen LogP contribution is 2.34. The van der Waals surface area contributed by atoms with Crippen LogP contribution in [0.1, 0.15) is 36.4 Å². The van der Waals surface area contributed by atoms with Gasteiger partial charge in [0.2, 0.25) is 5.91 Å². The average molecular weight is 418 g/mol. The molecule has 0 aliphatic heterocycles. The summed E-state index contributed by atoms with van der Waals surface area (Å²) in [5.74, 6) is 1.02. The van der Waals surface area contributed by atoms with E-state index in [2.05, 4.69) is 24.3 Å². The van der Waals surface area contributed by atoms with Crippen LogP contribution < -0.4 is 14.8 Å². The predicted octanol–water partition coefficient (Wildman–Crippen LogP) is 2.98. The number of rotatable bonds is 10. The third kappa shape index (κ3) is 5.49. The van der Waals surface area contributed by atoms with Gasteiger partial charge < -0.3 is 14.8 Å². The smallest absolute Gasteiger partial charge is 0.276 e. The quantitative estimate of drug-likeness (QED) is 0.469. The van der Waals surface area contributed by atoms with Crippen molar-refractivity contribution in [2.24, 2.45) is 5.92 Å². The molecule has 0 bridgehead atoms. The molecule has 0 aliphatic rings. The van der Waals surface area contributed by atoms with Crippen LogP contribution in [0.2, 0.25) is 0 Å².